The third-order valence-corrected chi connectivity index (χ3v) is 4.86. The summed E-state index contributed by atoms with van der Waals surface area (Å²) >= 11 is 0. The van der Waals surface area contributed by atoms with Crippen molar-refractivity contribution in [3.63, 3.8) is 0 Å². The summed E-state index contributed by atoms with van der Waals surface area (Å²) < 4.78 is 6.96. The molecular formula is C21H24N6O3. The normalized spacial score (nSPS) is 13.4. The van der Waals surface area contributed by atoms with Gasteiger partial charge in [-0.05, 0) is 43.5 Å². The van der Waals surface area contributed by atoms with Gasteiger partial charge in [0.15, 0.2) is 5.65 Å². The molecule has 1 saturated carbocycles. The molecule has 4 N–H and O–H groups in total. The van der Waals surface area contributed by atoms with Gasteiger partial charge in [0.25, 0.3) is 11.8 Å². The second-order valence-corrected chi connectivity index (χ2v) is 7.33. The molecule has 1 aliphatic rings. The summed E-state index contributed by atoms with van der Waals surface area (Å²) in [4.78, 5) is 34.0. The van der Waals surface area contributed by atoms with Crippen molar-refractivity contribution in [3.05, 3.63) is 47.7 Å². The van der Waals surface area contributed by atoms with Gasteiger partial charge in [-0.15, -0.1) is 0 Å². The number of carbonyl (C=O) groups excluding carboxylic acids is 2. The first kappa shape index (κ1) is 19.8. The zero-order chi connectivity index (χ0) is 21.1. The quantitative estimate of drug-likeness (QED) is 0.388. The molecule has 30 heavy (non-hydrogen) atoms. The van der Waals surface area contributed by atoms with Gasteiger partial charge in [-0.1, -0.05) is 6.07 Å². The molecule has 3 aromatic rings. The van der Waals surface area contributed by atoms with E-state index in [1.807, 2.05) is 4.57 Å². The predicted octanol–water partition coefficient (Wildman–Crippen LogP) is 2.19. The first-order chi connectivity index (χ1) is 14.5. The molecule has 0 atom stereocenters. The van der Waals surface area contributed by atoms with Gasteiger partial charge in [0.2, 0.25) is 5.95 Å². The van der Waals surface area contributed by atoms with Gasteiger partial charge >= 0.3 is 0 Å². The number of nitrogen functional groups attached to an aromatic ring is 1. The molecule has 2 aromatic heterocycles. The van der Waals surface area contributed by atoms with Crippen molar-refractivity contribution in [2.75, 3.05) is 24.8 Å². The first-order valence-electron chi connectivity index (χ1n) is 9.88. The Bertz CT molecular complexity index is 1090. The van der Waals surface area contributed by atoms with Crippen LogP contribution in [0.2, 0.25) is 0 Å². The molecule has 4 rings (SSSR count). The lowest BCUT2D eigenvalue weighted by atomic mass is 10.2. The van der Waals surface area contributed by atoms with E-state index < -0.39 is 0 Å². The van der Waals surface area contributed by atoms with Crippen LogP contribution in [0.5, 0.6) is 0 Å². The third-order valence-electron chi connectivity index (χ3n) is 4.86. The summed E-state index contributed by atoms with van der Waals surface area (Å²) in [7, 11) is 1.64. The van der Waals surface area contributed by atoms with Gasteiger partial charge in [-0.3, -0.25) is 19.5 Å². The number of carbonyl (C=O) groups is 2. The van der Waals surface area contributed by atoms with Crippen molar-refractivity contribution >= 4 is 34.6 Å². The maximum atomic E-state index is 12.7. The average Bonchev–Trinajstić information content (AvgIpc) is 3.48. The minimum Gasteiger partial charge on any atom is -0.399 e. The fourth-order valence-corrected chi connectivity index (χ4v) is 3.16. The number of aromatic nitrogens is 3. The van der Waals surface area contributed by atoms with E-state index in [0.29, 0.717) is 53.5 Å². The van der Waals surface area contributed by atoms with E-state index in [2.05, 4.69) is 20.6 Å². The second kappa shape index (κ2) is 8.50. The predicted molar refractivity (Wildman–Crippen MR) is 113 cm³/mol. The molecule has 0 unspecified atom stereocenters. The third kappa shape index (κ3) is 4.41. The lowest BCUT2D eigenvalue weighted by Crippen LogP contribution is -2.25. The van der Waals surface area contributed by atoms with E-state index in [4.69, 9.17) is 10.5 Å². The van der Waals surface area contributed by atoms with Crippen LogP contribution in [0.1, 0.15) is 40.0 Å². The fourth-order valence-electron chi connectivity index (χ4n) is 3.16. The topological polar surface area (TPSA) is 124 Å². The summed E-state index contributed by atoms with van der Waals surface area (Å²) in [6, 6.07) is 8.68. The Labute approximate surface area is 173 Å². The molecule has 0 radical (unpaired) electrons. The van der Waals surface area contributed by atoms with Crippen molar-refractivity contribution < 1.29 is 14.3 Å². The molecule has 1 aromatic carbocycles. The van der Waals surface area contributed by atoms with Gasteiger partial charge in [0, 0.05) is 43.8 Å². The van der Waals surface area contributed by atoms with Crippen molar-refractivity contribution in [1.82, 2.24) is 19.9 Å². The number of imidazole rings is 1. The lowest BCUT2D eigenvalue weighted by Gasteiger charge is -2.10. The molecule has 156 valence electrons. The summed E-state index contributed by atoms with van der Waals surface area (Å²) in [6.07, 6.45) is 4.28. The monoisotopic (exact) mass is 408 g/mol. The largest absolute Gasteiger partial charge is 0.399 e. The standard InChI is InChI=1S/C21H24N6O3/c1-30-9-3-8-27-18-17(11-14(12-23-18)20(29)24-16-6-7-16)25-21(27)26-19(28)13-4-2-5-15(22)10-13/h2,4-5,10-12,16H,3,6-9,22H2,1H3,(H,24,29)(H,25,26,28). The Morgan fingerprint density at radius 2 is 2.07 bits per heavy atom. The van der Waals surface area contributed by atoms with E-state index in [1.165, 1.54) is 6.20 Å². The average molecular weight is 408 g/mol. The van der Waals surface area contributed by atoms with Crippen molar-refractivity contribution in [2.24, 2.45) is 0 Å². The van der Waals surface area contributed by atoms with Crippen LogP contribution >= 0.6 is 0 Å². The van der Waals surface area contributed by atoms with Crippen LogP contribution in [-0.4, -0.2) is 46.1 Å². The van der Waals surface area contributed by atoms with E-state index in [0.717, 1.165) is 12.8 Å². The van der Waals surface area contributed by atoms with E-state index in [1.54, 1.807) is 37.4 Å². The fraction of sp³-hybridized carbons (Fsp3) is 0.333. The Balaban J connectivity index is 1.64. The second-order valence-electron chi connectivity index (χ2n) is 7.33. The Morgan fingerprint density at radius 1 is 1.23 bits per heavy atom. The summed E-state index contributed by atoms with van der Waals surface area (Å²) in [5.74, 6) is -0.121. The highest BCUT2D eigenvalue weighted by molar-refractivity contribution is 6.04. The summed E-state index contributed by atoms with van der Waals surface area (Å²) in [6.45, 7) is 1.11. The van der Waals surface area contributed by atoms with Crippen LogP contribution in [0, 0.1) is 0 Å². The zero-order valence-electron chi connectivity index (χ0n) is 16.7. The van der Waals surface area contributed by atoms with Crippen LogP contribution in [0.25, 0.3) is 11.2 Å². The van der Waals surface area contributed by atoms with Gasteiger partial charge in [-0.2, -0.15) is 0 Å². The Hall–Kier alpha value is -3.46. The number of fused-ring (bicyclic) bond motifs is 1. The molecule has 0 spiro atoms. The number of hydrogen-bond donors (Lipinski definition) is 3. The zero-order valence-corrected chi connectivity index (χ0v) is 16.7. The number of benzene rings is 1. The van der Waals surface area contributed by atoms with Crippen LogP contribution in [0.3, 0.4) is 0 Å². The van der Waals surface area contributed by atoms with Crippen LogP contribution in [0.15, 0.2) is 36.5 Å². The molecule has 1 aliphatic carbocycles. The molecule has 9 nitrogen and oxygen atoms in total. The van der Waals surface area contributed by atoms with Crippen LogP contribution in [0.4, 0.5) is 11.6 Å². The van der Waals surface area contributed by atoms with Crippen molar-refractivity contribution in [1.29, 1.82) is 0 Å². The molecule has 2 heterocycles. The number of ether oxygens (including phenoxy) is 1. The number of anilines is 2. The molecule has 9 heteroatoms. The Morgan fingerprint density at radius 3 is 2.80 bits per heavy atom. The highest BCUT2D eigenvalue weighted by atomic mass is 16.5. The number of nitrogens with one attached hydrogen (secondary N) is 2. The van der Waals surface area contributed by atoms with Gasteiger partial charge in [-0.25, -0.2) is 9.97 Å². The maximum absolute atomic E-state index is 12.7. The molecule has 0 aliphatic heterocycles. The van der Waals surface area contributed by atoms with Gasteiger partial charge in [0.1, 0.15) is 5.52 Å². The Kier molecular flexibility index (Phi) is 5.62. The lowest BCUT2D eigenvalue weighted by molar-refractivity contribution is 0.0950. The SMILES string of the molecule is COCCCn1c(NC(=O)c2cccc(N)c2)nc2cc(C(=O)NC3CC3)cnc21. The highest BCUT2D eigenvalue weighted by Crippen LogP contribution is 2.22. The molecule has 2 amide bonds. The molecule has 0 bridgehead atoms. The maximum Gasteiger partial charge on any atom is 0.258 e. The number of nitrogens with two attached hydrogens (primary N) is 1. The minimum atomic E-state index is -0.322. The number of pyridine rings is 1. The number of rotatable bonds is 8. The number of methoxy groups -OCH3 is 1. The minimum absolute atomic E-state index is 0.161. The molecule has 0 saturated heterocycles. The number of hydrogen-bond acceptors (Lipinski definition) is 6. The summed E-state index contributed by atoms with van der Waals surface area (Å²) in [5.41, 5.74) is 8.30. The number of amides is 2. The van der Waals surface area contributed by atoms with Gasteiger partial charge in [0.05, 0.1) is 5.56 Å². The van der Waals surface area contributed by atoms with E-state index in [-0.39, 0.29) is 17.9 Å². The van der Waals surface area contributed by atoms with E-state index >= 15 is 0 Å². The summed E-state index contributed by atoms with van der Waals surface area (Å²) in [5, 5.41) is 5.78. The van der Waals surface area contributed by atoms with Crippen LogP contribution in [-0.2, 0) is 11.3 Å². The van der Waals surface area contributed by atoms with Gasteiger partial charge < -0.3 is 15.8 Å². The smallest absolute Gasteiger partial charge is 0.258 e. The number of aryl methyl sites for hydroxylation is 1. The van der Waals surface area contributed by atoms with Crippen LogP contribution < -0.4 is 16.4 Å². The highest BCUT2D eigenvalue weighted by Gasteiger charge is 2.24. The molecule has 1 fully saturated rings. The van der Waals surface area contributed by atoms with E-state index in [9.17, 15) is 9.59 Å². The molecular weight excluding hydrogens is 384 g/mol. The van der Waals surface area contributed by atoms with Crippen molar-refractivity contribution in [2.45, 2.75) is 31.8 Å². The van der Waals surface area contributed by atoms with Crippen molar-refractivity contribution in [3.8, 4) is 0 Å². The number of nitrogens with zero attached hydrogens (tertiary/aromatic N) is 3. The first-order valence-corrected chi connectivity index (χ1v) is 9.88.